The quantitative estimate of drug-likeness (QED) is 0.578. The first-order valence-corrected chi connectivity index (χ1v) is 10.9. The van der Waals surface area contributed by atoms with Gasteiger partial charge in [-0.1, -0.05) is 18.2 Å². The van der Waals surface area contributed by atoms with Gasteiger partial charge < -0.3 is 14.4 Å². The fourth-order valence-electron chi connectivity index (χ4n) is 4.37. The van der Waals surface area contributed by atoms with Gasteiger partial charge in [-0.05, 0) is 44.1 Å². The monoisotopic (exact) mass is 432 g/mol. The van der Waals surface area contributed by atoms with Crippen LogP contribution in [0.4, 0.5) is 5.82 Å². The molecule has 1 saturated heterocycles. The van der Waals surface area contributed by atoms with Crippen LogP contribution in [-0.4, -0.2) is 60.2 Å². The molecular formula is C24H28N6O2. The fraction of sp³-hybridized carbons (Fsp3) is 0.375. The van der Waals surface area contributed by atoms with Crippen molar-refractivity contribution < 1.29 is 9.63 Å². The summed E-state index contributed by atoms with van der Waals surface area (Å²) in [6.45, 7) is 5.55. The number of aromatic nitrogens is 2. The Morgan fingerprint density at radius 3 is 2.88 bits per heavy atom. The molecule has 1 aliphatic heterocycles. The molecule has 0 aliphatic carbocycles. The summed E-state index contributed by atoms with van der Waals surface area (Å²) in [6.07, 6.45) is 5.68. The van der Waals surface area contributed by atoms with E-state index in [4.69, 9.17) is 4.84 Å². The normalized spacial score (nSPS) is 14.8. The highest BCUT2D eigenvalue weighted by molar-refractivity contribution is 6.06. The summed E-state index contributed by atoms with van der Waals surface area (Å²) in [5, 5.41) is 10.3. The Bertz CT molecular complexity index is 1120. The number of rotatable bonds is 7. The van der Waals surface area contributed by atoms with E-state index in [2.05, 4.69) is 30.9 Å². The van der Waals surface area contributed by atoms with Gasteiger partial charge in [0.05, 0.1) is 18.2 Å². The summed E-state index contributed by atoms with van der Waals surface area (Å²) >= 11 is 0. The lowest BCUT2D eigenvalue weighted by Gasteiger charge is -2.23. The number of para-hydroxylation sites is 1. The predicted molar refractivity (Wildman–Crippen MR) is 123 cm³/mol. The number of nitriles is 1. The summed E-state index contributed by atoms with van der Waals surface area (Å²) in [7, 11) is 1.44. The molecular weight excluding hydrogens is 404 g/mol. The highest BCUT2D eigenvalue weighted by Crippen LogP contribution is 2.22. The molecule has 0 spiro atoms. The molecule has 3 aromatic rings. The third-order valence-electron chi connectivity index (χ3n) is 5.90. The van der Waals surface area contributed by atoms with Gasteiger partial charge in [0.2, 0.25) is 0 Å². The number of fused-ring (bicyclic) bond motifs is 1. The number of nitrogens with zero attached hydrogens (tertiary/aromatic N) is 5. The highest BCUT2D eigenvalue weighted by atomic mass is 16.6. The molecule has 166 valence electrons. The van der Waals surface area contributed by atoms with E-state index in [1.54, 1.807) is 12.3 Å². The molecule has 0 radical (unpaired) electrons. The predicted octanol–water partition coefficient (Wildman–Crippen LogP) is 2.80. The lowest BCUT2D eigenvalue weighted by molar-refractivity contribution is 0.0539. The van der Waals surface area contributed by atoms with Crippen molar-refractivity contribution in [3.8, 4) is 6.07 Å². The molecule has 4 rings (SSSR count). The number of carbonyl (C=O) groups is 1. The number of benzene rings is 1. The van der Waals surface area contributed by atoms with Crippen molar-refractivity contribution in [2.24, 2.45) is 0 Å². The molecule has 8 heteroatoms. The number of hydroxylamine groups is 1. The summed E-state index contributed by atoms with van der Waals surface area (Å²) in [5.74, 6) is 0.554. The molecule has 0 unspecified atom stereocenters. The lowest BCUT2D eigenvalue weighted by Crippen LogP contribution is -2.32. The van der Waals surface area contributed by atoms with Crippen LogP contribution in [0.2, 0.25) is 0 Å². The SMILES string of the molecule is CONC(=O)c1cn(CCCN2CCCN(c3ncccc3C#N)CC2)c2ccccc12. The second-order valence-electron chi connectivity index (χ2n) is 7.91. The van der Waals surface area contributed by atoms with Gasteiger partial charge in [-0.3, -0.25) is 9.63 Å². The van der Waals surface area contributed by atoms with Crippen LogP contribution in [0.15, 0.2) is 48.8 Å². The van der Waals surface area contributed by atoms with Crippen molar-refractivity contribution in [1.82, 2.24) is 19.9 Å². The van der Waals surface area contributed by atoms with E-state index in [1.807, 2.05) is 36.5 Å². The number of carbonyl (C=O) groups excluding carboxylic acids is 1. The zero-order valence-corrected chi connectivity index (χ0v) is 18.3. The van der Waals surface area contributed by atoms with E-state index in [0.717, 1.165) is 68.8 Å². The van der Waals surface area contributed by atoms with Crippen LogP contribution in [0.3, 0.4) is 0 Å². The summed E-state index contributed by atoms with van der Waals surface area (Å²) in [6, 6.07) is 13.8. The Labute approximate surface area is 188 Å². The number of amides is 1. The number of pyridine rings is 1. The minimum Gasteiger partial charge on any atom is -0.354 e. The summed E-state index contributed by atoms with van der Waals surface area (Å²) in [4.78, 5) is 26.3. The van der Waals surface area contributed by atoms with Crippen molar-refractivity contribution in [2.45, 2.75) is 19.4 Å². The molecule has 1 fully saturated rings. The van der Waals surface area contributed by atoms with Crippen molar-refractivity contribution in [2.75, 3.05) is 44.7 Å². The number of hydrogen-bond donors (Lipinski definition) is 1. The van der Waals surface area contributed by atoms with Crippen LogP contribution in [0.25, 0.3) is 10.9 Å². The van der Waals surface area contributed by atoms with Crippen LogP contribution < -0.4 is 10.4 Å². The largest absolute Gasteiger partial charge is 0.354 e. The van der Waals surface area contributed by atoms with Gasteiger partial charge in [0.25, 0.3) is 5.91 Å². The average molecular weight is 433 g/mol. The second kappa shape index (κ2) is 10.3. The van der Waals surface area contributed by atoms with E-state index in [9.17, 15) is 10.1 Å². The standard InChI is InChI=1S/C24H28N6O2/c1-32-27-24(31)21-18-30(22-9-3-2-8-20(21)22)14-6-12-28-11-5-13-29(16-15-28)23-19(17-25)7-4-10-26-23/h2-4,7-10,18H,5-6,11-16H2,1H3,(H,27,31). The minimum absolute atomic E-state index is 0.235. The molecule has 1 N–H and O–H groups in total. The maximum Gasteiger partial charge on any atom is 0.277 e. The third kappa shape index (κ3) is 4.74. The fourth-order valence-corrected chi connectivity index (χ4v) is 4.37. The van der Waals surface area contributed by atoms with Crippen LogP contribution in [0, 0.1) is 11.3 Å². The first-order chi connectivity index (χ1) is 15.7. The molecule has 0 atom stereocenters. The zero-order valence-electron chi connectivity index (χ0n) is 18.3. The maximum absolute atomic E-state index is 12.3. The van der Waals surface area contributed by atoms with Crippen molar-refractivity contribution in [3.05, 3.63) is 59.9 Å². The topological polar surface area (TPSA) is 86.4 Å². The van der Waals surface area contributed by atoms with E-state index in [1.165, 1.54) is 7.11 Å². The molecule has 8 nitrogen and oxygen atoms in total. The first-order valence-electron chi connectivity index (χ1n) is 10.9. The third-order valence-corrected chi connectivity index (χ3v) is 5.90. The first kappa shape index (κ1) is 21.8. The number of aryl methyl sites for hydroxylation is 1. The lowest BCUT2D eigenvalue weighted by atomic mass is 10.2. The van der Waals surface area contributed by atoms with Crippen molar-refractivity contribution >= 4 is 22.6 Å². The molecule has 2 aromatic heterocycles. The maximum atomic E-state index is 12.3. The Kier molecular flexibility index (Phi) is 7.00. The Morgan fingerprint density at radius 1 is 1.16 bits per heavy atom. The van der Waals surface area contributed by atoms with E-state index in [-0.39, 0.29) is 5.91 Å². The van der Waals surface area contributed by atoms with Crippen LogP contribution in [0.5, 0.6) is 0 Å². The number of nitrogens with one attached hydrogen (secondary N) is 1. The van der Waals surface area contributed by atoms with Crippen LogP contribution >= 0.6 is 0 Å². The van der Waals surface area contributed by atoms with Gasteiger partial charge in [-0.15, -0.1) is 0 Å². The number of anilines is 1. The molecule has 32 heavy (non-hydrogen) atoms. The minimum atomic E-state index is -0.235. The van der Waals surface area contributed by atoms with E-state index < -0.39 is 0 Å². The van der Waals surface area contributed by atoms with Gasteiger partial charge in [-0.25, -0.2) is 10.5 Å². The summed E-state index contributed by atoms with van der Waals surface area (Å²) in [5.41, 5.74) is 4.72. The second-order valence-corrected chi connectivity index (χ2v) is 7.91. The molecule has 1 aliphatic rings. The van der Waals surface area contributed by atoms with E-state index in [0.29, 0.717) is 11.1 Å². The van der Waals surface area contributed by atoms with Gasteiger partial charge in [0.15, 0.2) is 0 Å². The molecule has 0 bridgehead atoms. The Hall–Kier alpha value is -3.41. The highest BCUT2D eigenvalue weighted by Gasteiger charge is 2.19. The smallest absolute Gasteiger partial charge is 0.277 e. The van der Waals surface area contributed by atoms with Crippen LogP contribution in [0.1, 0.15) is 28.8 Å². The summed E-state index contributed by atoms with van der Waals surface area (Å²) < 4.78 is 2.15. The Morgan fingerprint density at radius 2 is 2.03 bits per heavy atom. The molecule has 1 amide bonds. The Balaban J connectivity index is 1.37. The molecule has 1 aromatic carbocycles. The van der Waals surface area contributed by atoms with Gasteiger partial charge in [0.1, 0.15) is 11.9 Å². The van der Waals surface area contributed by atoms with Gasteiger partial charge >= 0.3 is 0 Å². The molecule has 0 saturated carbocycles. The van der Waals surface area contributed by atoms with Crippen LogP contribution in [-0.2, 0) is 11.4 Å². The van der Waals surface area contributed by atoms with Crippen molar-refractivity contribution in [1.29, 1.82) is 5.26 Å². The van der Waals surface area contributed by atoms with Gasteiger partial charge in [-0.2, -0.15) is 5.26 Å². The number of hydrogen-bond acceptors (Lipinski definition) is 6. The average Bonchev–Trinajstić information content (AvgIpc) is 3.02. The van der Waals surface area contributed by atoms with Gasteiger partial charge in [0, 0.05) is 49.5 Å². The van der Waals surface area contributed by atoms with Crippen molar-refractivity contribution in [3.63, 3.8) is 0 Å². The zero-order chi connectivity index (χ0) is 22.3. The molecule has 3 heterocycles. The van der Waals surface area contributed by atoms with E-state index >= 15 is 0 Å².